The molecule has 1 aliphatic rings. The summed E-state index contributed by atoms with van der Waals surface area (Å²) in [5, 5.41) is 0. The summed E-state index contributed by atoms with van der Waals surface area (Å²) in [6.07, 6.45) is 6.14. The molecule has 0 spiro atoms. The highest BCUT2D eigenvalue weighted by Gasteiger charge is 2.24. The predicted octanol–water partition coefficient (Wildman–Crippen LogP) is 1.52. The average molecular weight is 270 g/mol. The molecule has 1 radical (unpaired) electrons. The zero-order valence-corrected chi connectivity index (χ0v) is 11.7. The topological polar surface area (TPSA) is 55.8 Å². The third-order valence-corrected chi connectivity index (χ3v) is 3.65. The summed E-state index contributed by atoms with van der Waals surface area (Å²) in [6.45, 7) is 4.98. The van der Waals surface area contributed by atoms with Crippen molar-refractivity contribution in [2.45, 2.75) is 38.5 Å². The lowest BCUT2D eigenvalue weighted by Gasteiger charge is -2.30. The zero-order chi connectivity index (χ0) is 13.9. The number of unbranched alkanes of at least 4 members (excludes halogenated alkanes) is 3. The van der Waals surface area contributed by atoms with E-state index in [-0.39, 0.29) is 11.9 Å². The number of likely N-dealkylation sites (tertiary alicyclic amines) is 1. The van der Waals surface area contributed by atoms with E-state index >= 15 is 0 Å². The van der Waals surface area contributed by atoms with E-state index in [1.54, 1.807) is 0 Å². The molecule has 5 nitrogen and oxygen atoms in total. The highest BCUT2D eigenvalue weighted by atomic mass is 16.5. The van der Waals surface area contributed by atoms with E-state index in [0.717, 1.165) is 58.2 Å². The third-order valence-electron chi connectivity index (χ3n) is 3.65. The lowest BCUT2D eigenvalue weighted by Crippen LogP contribution is -2.37. The number of esters is 1. The van der Waals surface area contributed by atoms with Gasteiger partial charge in [0.15, 0.2) is 0 Å². The molecule has 0 aromatic carbocycles. The Morgan fingerprint density at radius 1 is 1.21 bits per heavy atom. The molecule has 109 valence electrons. The van der Waals surface area contributed by atoms with Gasteiger partial charge < -0.3 is 14.4 Å². The molecule has 0 atom stereocenters. The Bertz CT molecular complexity index is 262. The van der Waals surface area contributed by atoms with Crippen LogP contribution < -0.4 is 0 Å². The van der Waals surface area contributed by atoms with Gasteiger partial charge in [0.25, 0.3) is 0 Å². The molecule has 1 rings (SSSR count). The van der Waals surface area contributed by atoms with Crippen LogP contribution in [-0.4, -0.2) is 50.7 Å². The fourth-order valence-corrected chi connectivity index (χ4v) is 2.46. The molecule has 1 heterocycles. The molecule has 0 aliphatic carbocycles. The standard InChI is InChI=1S/C14H24NO4/c1-18-14(17)13-6-9-15(10-7-13)8-4-2-3-5-11-19-12-16/h13H,2-11H2,1H3. The van der Waals surface area contributed by atoms with Crippen LogP contribution in [0.3, 0.4) is 0 Å². The van der Waals surface area contributed by atoms with Crippen LogP contribution >= 0.6 is 0 Å². The van der Waals surface area contributed by atoms with Crippen molar-refractivity contribution in [3.63, 3.8) is 0 Å². The van der Waals surface area contributed by atoms with Crippen LogP contribution in [0.25, 0.3) is 0 Å². The van der Waals surface area contributed by atoms with Gasteiger partial charge in [0.05, 0.1) is 19.6 Å². The number of ether oxygens (including phenoxy) is 2. The Labute approximate surface area is 115 Å². The quantitative estimate of drug-likeness (QED) is 0.469. The number of nitrogens with zero attached hydrogens (tertiary/aromatic N) is 1. The van der Waals surface area contributed by atoms with Gasteiger partial charge in [-0.05, 0) is 45.3 Å². The molecular formula is C14H24NO4. The molecule has 0 bridgehead atoms. The Kier molecular flexibility index (Phi) is 8.21. The van der Waals surface area contributed by atoms with Crippen molar-refractivity contribution >= 4 is 12.4 Å². The number of carbonyl (C=O) groups is 1. The minimum absolute atomic E-state index is 0.0633. The van der Waals surface area contributed by atoms with Gasteiger partial charge in [0.2, 0.25) is 0 Å². The van der Waals surface area contributed by atoms with Gasteiger partial charge in [-0.15, -0.1) is 0 Å². The maximum Gasteiger partial charge on any atom is 0.417 e. The molecule has 1 saturated heterocycles. The van der Waals surface area contributed by atoms with E-state index < -0.39 is 0 Å². The number of carbonyl (C=O) groups excluding carboxylic acids is 2. The van der Waals surface area contributed by atoms with E-state index in [1.807, 2.05) is 0 Å². The SMILES string of the molecule is COC(=O)C1CCN(CCCCCCO[C]=O)CC1. The molecule has 0 aromatic heterocycles. The van der Waals surface area contributed by atoms with Crippen LogP contribution in [0.2, 0.25) is 0 Å². The first-order chi connectivity index (χ1) is 9.27. The van der Waals surface area contributed by atoms with E-state index in [2.05, 4.69) is 9.64 Å². The summed E-state index contributed by atoms with van der Waals surface area (Å²) in [5.74, 6) is 0.0321. The first kappa shape index (κ1) is 16.0. The van der Waals surface area contributed by atoms with E-state index in [4.69, 9.17) is 4.74 Å². The number of methoxy groups -OCH3 is 1. The lowest BCUT2D eigenvalue weighted by atomic mass is 9.97. The van der Waals surface area contributed by atoms with E-state index in [0.29, 0.717) is 6.61 Å². The van der Waals surface area contributed by atoms with Gasteiger partial charge >= 0.3 is 12.4 Å². The van der Waals surface area contributed by atoms with Crippen molar-refractivity contribution in [3.05, 3.63) is 0 Å². The van der Waals surface area contributed by atoms with Gasteiger partial charge in [-0.1, -0.05) is 12.8 Å². The maximum absolute atomic E-state index is 11.4. The first-order valence-corrected chi connectivity index (χ1v) is 7.07. The molecule has 0 amide bonds. The smallest absolute Gasteiger partial charge is 0.417 e. The Balaban J connectivity index is 1.97. The number of hydrogen-bond acceptors (Lipinski definition) is 5. The van der Waals surface area contributed by atoms with Crippen molar-refractivity contribution in [1.82, 2.24) is 4.90 Å². The van der Waals surface area contributed by atoms with Crippen molar-refractivity contribution in [2.75, 3.05) is 33.4 Å². The zero-order valence-electron chi connectivity index (χ0n) is 11.7. The second kappa shape index (κ2) is 9.78. The minimum Gasteiger partial charge on any atom is -0.469 e. The van der Waals surface area contributed by atoms with E-state index in [1.165, 1.54) is 13.6 Å². The largest absolute Gasteiger partial charge is 0.469 e. The van der Waals surface area contributed by atoms with Crippen molar-refractivity contribution in [1.29, 1.82) is 0 Å². The summed E-state index contributed by atoms with van der Waals surface area (Å²) in [6, 6.07) is 0. The van der Waals surface area contributed by atoms with Gasteiger partial charge in [-0.2, -0.15) is 0 Å². The van der Waals surface area contributed by atoms with Gasteiger partial charge in [0.1, 0.15) is 0 Å². The third kappa shape index (κ3) is 6.57. The molecular weight excluding hydrogens is 246 g/mol. The highest BCUT2D eigenvalue weighted by Crippen LogP contribution is 2.18. The summed E-state index contributed by atoms with van der Waals surface area (Å²) < 4.78 is 9.29. The molecule has 1 aliphatic heterocycles. The Hall–Kier alpha value is -1.10. The second-order valence-electron chi connectivity index (χ2n) is 4.99. The summed E-state index contributed by atoms with van der Waals surface area (Å²) in [5.41, 5.74) is 0. The molecule has 19 heavy (non-hydrogen) atoms. The van der Waals surface area contributed by atoms with Gasteiger partial charge in [-0.3, -0.25) is 4.79 Å². The molecule has 5 heteroatoms. The van der Waals surface area contributed by atoms with Crippen LogP contribution in [0.15, 0.2) is 0 Å². The van der Waals surface area contributed by atoms with E-state index in [9.17, 15) is 9.59 Å². The minimum atomic E-state index is -0.0633. The summed E-state index contributed by atoms with van der Waals surface area (Å²) >= 11 is 0. The van der Waals surface area contributed by atoms with Crippen molar-refractivity contribution in [2.24, 2.45) is 5.92 Å². The molecule has 0 N–H and O–H groups in total. The van der Waals surface area contributed by atoms with Gasteiger partial charge in [-0.25, -0.2) is 4.79 Å². The van der Waals surface area contributed by atoms with Crippen LogP contribution in [-0.2, 0) is 19.1 Å². The molecule has 0 unspecified atom stereocenters. The van der Waals surface area contributed by atoms with Crippen LogP contribution in [0.5, 0.6) is 0 Å². The first-order valence-electron chi connectivity index (χ1n) is 7.07. The Morgan fingerprint density at radius 3 is 2.53 bits per heavy atom. The lowest BCUT2D eigenvalue weighted by molar-refractivity contribution is -0.147. The fourth-order valence-electron chi connectivity index (χ4n) is 2.46. The monoisotopic (exact) mass is 270 g/mol. The van der Waals surface area contributed by atoms with Crippen LogP contribution in [0, 0.1) is 5.92 Å². The second-order valence-corrected chi connectivity index (χ2v) is 4.99. The van der Waals surface area contributed by atoms with Crippen LogP contribution in [0.1, 0.15) is 38.5 Å². The highest BCUT2D eigenvalue weighted by molar-refractivity contribution is 5.72. The van der Waals surface area contributed by atoms with Crippen molar-refractivity contribution < 1.29 is 19.1 Å². The number of rotatable bonds is 9. The predicted molar refractivity (Wildman–Crippen MR) is 71.3 cm³/mol. The normalized spacial score (nSPS) is 17.1. The summed E-state index contributed by atoms with van der Waals surface area (Å²) in [4.78, 5) is 23.6. The number of hydrogen-bond donors (Lipinski definition) is 0. The summed E-state index contributed by atoms with van der Waals surface area (Å²) in [7, 11) is 1.46. The molecule has 1 fully saturated rings. The molecule has 0 aromatic rings. The van der Waals surface area contributed by atoms with Gasteiger partial charge in [0, 0.05) is 0 Å². The van der Waals surface area contributed by atoms with Crippen molar-refractivity contribution in [3.8, 4) is 0 Å². The number of piperidine rings is 1. The Morgan fingerprint density at radius 2 is 1.89 bits per heavy atom. The average Bonchev–Trinajstić information content (AvgIpc) is 2.46. The van der Waals surface area contributed by atoms with Crippen LogP contribution in [0.4, 0.5) is 0 Å². The maximum atomic E-state index is 11.4. The fraction of sp³-hybridized carbons (Fsp3) is 0.857. The molecule has 0 saturated carbocycles.